The number of carbonyl (C=O) groups excluding carboxylic acids is 2. The third-order valence-electron chi connectivity index (χ3n) is 12.3. The van der Waals surface area contributed by atoms with Gasteiger partial charge in [0.15, 0.2) is 12.4 Å². The molecule has 1 saturated heterocycles. The number of esters is 2. The van der Waals surface area contributed by atoms with E-state index in [0.29, 0.717) is 12.8 Å². The number of hydrogen-bond donors (Lipinski definition) is 4. The zero-order chi connectivity index (χ0) is 51.2. The molecule has 12 nitrogen and oxygen atoms in total. The van der Waals surface area contributed by atoms with Gasteiger partial charge in [-0.15, -0.1) is 0 Å². The van der Waals surface area contributed by atoms with E-state index in [1.54, 1.807) is 0 Å². The lowest BCUT2D eigenvalue weighted by atomic mass is 10.00. The Bertz CT molecular complexity index is 1550. The van der Waals surface area contributed by atoms with E-state index >= 15 is 0 Å². The van der Waals surface area contributed by atoms with Crippen LogP contribution in [-0.4, -0.2) is 96.0 Å². The van der Waals surface area contributed by atoms with Gasteiger partial charge in [0.2, 0.25) is 0 Å². The van der Waals surface area contributed by atoms with Crippen LogP contribution in [0.5, 0.6) is 0 Å². The van der Waals surface area contributed by atoms with Gasteiger partial charge in [0.25, 0.3) is 10.1 Å². The quantitative estimate of drug-likeness (QED) is 0.0196. The second-order valence-electron chi connectivity index (χ2n) is 18.9. The lowest BCUT2D eigenvalue weighted by molar-refractivity contribution is -0.297. The van der Waals surface area contributed by atoms with E-state index in [-0.39, 0.29) is 19.4 Å². The summed E-state index contributed by atoms with van der Waals surface area (Å²) in [6.07, 6.45) is 50.7. The molecule has 1 fully saturated rings. The molecule has 1 aliphatic rings. The summed E-state index contributed by atoms with van der Waals surface area (Å²) in [5.41, 5.74) is 0. The van der Waals surface area contributed by atoms with Gasteiger partial charge < -0.3 is 34.3 Å². The lowest BCUT2D eigenvalue weighted by Crippen LogP contribution is -2.60. The number of hydrogen-bond acceptors (Lipinski definition) is 11. The van der Waals surface area contributed by atoms with Crippen molar-refractivity contribution >= 4 is 22.1 Å². The number of aliphatic hydroxyl groups excluding tert-OH is 3. The van der Waals surface area contributed by atoms with Crippen molar-refractivity contribution in [2.45, 2.75) is 256 Å². The summed E-state index contributed by atoms with van der Waals surface area (Å²) >= 11 is 0. The highest BCUT2D eigenvalue weighted by molar-refractivity contribution is 7.85. The highest BCUT2D eigenvalue weighted by Crippen LogP contribution is 2.24. The maximum atomic E-state index is 12.9. The molecule has 0 aromatic carbocycles. The smallest absolute Gasteiger partial charge is 0.306 e. The molecular formula is C57H98O12S. The van der Waals surface area contributed by atoms with Crippen LogP contribution in [0.15, 0.2) is 72.9 Å². The Balaban J connectivity index is 2.34. The van der Waals surface area contributed by atoms with Crippen LogP contribution in [0.2, 0.25) is 0 Å². The summed E-state index contributed by atoms with van der Waals surface area (Å²) in [4.78, 5) is 25.6. The van der Waals surface area contributed by atoms with E-state index in [0.717, 1.165) is 89.9 Å². The van der Waals surface area contributed by atoms with Crippen LogP contribution in [0.4, 0.5) is 0 Å². The fourth-order valence-electron chi connectivity index (χ4n) is 8.05. The Morgan fingerprint density at radius 3 is 1.34 bits per heavy atom. The fraction of sp³-hybridized carbons (Fsp3) is 0.754. The molecule has 404 valence electrons. The van der Waals surface area contributed by atoms with Gasteiger partial charge in [-0.2, -0.15) is 8.42 Å². The van der Waals surface area contributed by atoms with Gasteiger partial charge in [-0.25, -0.2) is 0 Å². The zero-order valence-corrected chi connectivity index (χ0v) is 44.4. The maximum Gasteiger partial charge on any atom is 0.306 e. The second kappa shape index (κ2) is 45.9. The number of aliphatic hydroxyl groups is 3. The second-order valence-corrected chi connectivity index (χ2v) is 20.4. The van der Waals surface area contributed by atoms with Gasteiger partial charge in [-0.3, -0.25) is 14.1 Å². The van der Waals surface area contributed by atoms with Crippen LogP contribution in [0.3, 0.4) is 0 Å². The molecular weight excluding hydrogens is 909 g/mol. The number of allylic oxidation sites excluding steroid dienone is 12. The van der Waals surface area contributed by atoms with Crippen LogP contribution in [0, 0.1) is 0 Å². The summed E-state index contributed by atoms with van der Waals surface area (Å²) in [6.45, 7) is 3.64. The van der Waals surface area contributed by atoms with E-state index in [1.807, 2.05) is 0 Å². The standard InChI is InChI=1S/C57H98O12S/c1-3-5-7-9-11-13-15-17-19-21-23-24-25-26-28-30-32-34-36-38-40-42-44-46-53(59)68-50(48-67-57-56(62)55(61)54(60)51(69-57)49-70(63,64)65)47-66-52(58)45-43-41-39-37-35-33-31-29-27-22-20-18-16-14-12-10-8-6-4-2/h5,7,11-14,17-20,23-24,50-51,54-57,60-62H,3-4,6,8-10,15-16,21-22,25-49H2,1-2H3,(H,63,64,65)/b7-5-,13-11-,14-12-,19-17-,20-18-,24-23-. The molecule has 0 aromatic rings. The van der Waals surface area contributed by atoms with Gasteiger partial charge in [-0.05, 0) is 83.5 Å². The number of rotatable bonds is 46. The van der Waals surface area contributed by atoms with Crippen LogP contribution < -0.4 is 0 Å². The number of unbranched alkanes of at least 4 members (excludes halogenated alkanes) is 22. The maximum absolute atomic E-state index is 12.9. The molecule has 6 atom stereocenters. The van der Waals surface area contributed by atoms with Gasteiger partial charge in [0.05, 0.1) is 6.61 Å². The molecule has 1 rings (SSSR count). The minimum atomic E-state index is -4.61. The van der Waals surface area contributed by atoms with Gasteiger partial charge >= 0.3 is 11.9 Å². The van der Waals surface area contributed by atoms with Gasteiger partial charge in [0, 0.05) is 12.8 Å². The lowest BCUT2D eigenvalue weighted by Gasteiger charge is -2.40. The van der Waals surface area contributed by atoms with Crippen LogP contribution >= 0.6 is 0 Å². The predicted molar refractivity (Wildman–Crippen MR) is 284 cm³/mol. The third kappa shape index (κ3) is 39.7. The van der Waals surface area contributed by atoms with Gasteiger partial charge in [-0.1, -0.05) is 196 Å². The largest absolute Gasteiger partial charge is 0.462 e. The van der Waals surface area contributed by atoms with E-state index < -0.39 is 71.2 Å². The van der Waals surface area contributed by atoms with E-state index in [4.69, 9.17) is 18.9 Å². The summed E-state index contributed by atoms with van der Waals surface area (Å²) in [5.74, 6) is -1.99. The molecule has 0 aliphatic carbocycles. The Labute approximate surface area is 425 Å². The first-order valence-electron chi connectivity index (χ1n) is 27.5. The molecule has 70 heavy (non-hydrogen) atoms. The summed E-state index contributed by atoms with van der Waals surface area (Å²) in [6, 6.07) is 0. The molecule has 0 spiro atoms. The molecule has 0 aromatic heterocycles. The highest BCUT2D eigenvalue weighted by Gasteiger charge is 2.46. The molecule has 6 unspecified atom stereocenters. The molecule has 13 heteroatoms. The first-order valence-corrected chi connectivity index (χ1v) is 29.1. The van der Waals surface area contributed by atoms with Crippen molar-refractivity contribution in [1.29, 1.82) is 0 Å². The van der Waals surface area contributed by atoms with Crippen molar-refractivity contribution in [2.75, 3.05) is 19.0 Å². The molecule has 1 heterocycles. The van der Waals surface area contributed by atoms with E-state index in [9.17, 15) is 37.9 Å². The molecule has 4 N–H and O–H groups in total. The van der Waals surface area contributed by atoms with Crippen molar-refractivity contribution in [3.05, 3.63) is 72.9 Å². The van der Waals surface area contributed by atoms with Gasteiger partial charge in [0.1, 0.15) is 36.8 Å². The predicted octanol–water partition coefficient (Wildman–Crippen LogP) is 13.0. The van der Waals surface area contributed by atoms with E-state index in [1.165, 1.54) is 89.9 Å². The Kier molecular flexibility index (Phi) is 42.7. The highest BCUT2D eigenvalue weighted by atomic mass is 32.2. The summed E-state index contributed by atoms with van der Waals surface area (Å²) in [7, 11) is -4.61. The van der Waals surface area contributed by atoms with Crippen LogP contribution in [0.25, 0.3) is 0 Å². The molecule has 0 saturated carbocycles. The average molecular weight is 1010 g/mol. The van der Waals surface area contributed by atoms with Crippen molar-refractivity contribution in [3.8, 4) is 0 Å². The normalized spacial score (nSPS) is 19.5. The number of carbonyl (C=O) groups is 2. The van der Waals surface area contributed by atoms with Crippen molar-refractivity contribution < 1.29 is 56.8 Å². The molecule has 0 amide bonds. The van der Waals surface area contributed by atoms with Crippen molar-refractivity contribution in [1.82, 2.24) is 0 Å². The SMILES string of the molecule is CC/C=C\C/C=C\C/C=C\C/C=C\CCCCCCCCCCCCC(=O)OC(COC(=O)CCCCCCCCCCC/C=C\C/C=C\CCCCC)COC1OC(CS(=O)(=O)O)C(O)C(O)C1O. The summed E-state index contributed by atoms with van der Waals surface area (Å²) in [5, 5.41) is 31.0. The minimum absolute atomic E-state index is 0.155. The first-order chi connectivity index (χ1) is 34.0. The van der Waals surface area contributed by atoms with Crippen molar-refractivity contribution in [3.63, 3.8) is 0 Å². The average Bonchev–Trinajstić information content (AvgIpc) is 3.33. The van der Waals surface area contributed by atoms with Crippen molar-refractivity contribution in [2.24, 2.45) is 0 Å². The topological polar surface area (TPSA) is 186 Å². The van der Waals surface area contributed by atoms with Crippen LogP contribution in [-0.2, 0) is 38.7 Å². The molecule has 1 aliphatic heterocycles. The van der Waals surface area contributed by atoms with Crippen LogP contribution in [0.1, 0.15) is 219 Å². The Morgan fingerprint density at radius 1 is 0.500 bits per heavy atom. The Morgan fingerprint density at radius 2 is 0.900 bits per heavy atom. The Hall–Kier alpha value is -2.91. The number of ether oxygens (including phenoxy) is 4. The zero-order valence-electron chi connectivity index (χ0n) is 43.6. The van der Waals surface area contributed by atoms with E-state index in [2.05, 4.69) is 86.8 Å². The fourth-order valence-corrected chi connectivity index (χ4v) is 8.74. The third-order valence-corrected chi connectivity index (χ3v) is 13.0. The first kappa shape index (κ1) is 65.1. The molecule has 0 radical (unpaired) electrons. The monoisotopic (exact) mass is 1010 g/mol. The molecule has 0 bridgehead atoms. The summed E-state index contributed by atoms with van der Waals surface area (Å²) < 4.78 is 54.4. The minimum Gasteiger partial charge on any atom is -0.462 e.